The minimum absolute atomic E-state index is 0.0645. The van der Waals surface area contributed by atoms with E-state index >= 15 is 0 Å². The van der Waals surface area contributed by atoms with Gasteiger partial charge in [0, 0.05) is 17.5 Å². The molecule has 0 fully saturated rings. The van der Waals surface area contributed by atoms with Gasteiger partial charge in [-0.1, -0.05) is 6.92 Å². The molecule has 0 aliphatic rings. The smallest absolute Gasteiger partial charge is 0.266 e. The molecular weight excluding hydrogens is 246 g/mol. The van der Waals surface area contributed by atoms with Crippen LogP contribution in [0.3, 0.4) is 0 Å². The van der Waals surface area contributed by atoms with E-state index in [9.17, 15) is 4.79 Å². The molecule has 0 atom stereocenters. The van der Waals surface area contributed by atoms with E-state index in [1.807, 2.05) is 36.7 Å². The predicted molar refractivity (Wildman–Crippen MR) is 74.3 cm³/mol. The van der Waals surface area contributed by atoms with E-state index in [2.05, 4.69) is 17.3 Å². The van der Waals surface area contributed by atoms with Crippen LogP contribution in [-0.4, -0.2) is 15.7 Å². The number of amides is 1. The summed E-state index contributed by atoms with van der Waals surface area (Å²) in [4.78, 5) is 13.9. The van der Waals surface area contributed by atoms with Crippen LogP contribution >= 0.6 is 11.3 Å². The Kier molecular flexibility index (Phi) is 3.81. The van der Waals surface area contributed by atoms with Crippen LogP contribution in [0.15, 0.2) is 18.2 Å². The van der Waals surface area contributed by atoms with Crippen molar-refractivity contribution in [2.75, 3.05) is 5.32 Å². The van der Waals surface area contributed by atoms with Crippen molar-refractivity contribution in [3.8, 4) is 0 Å². The number of rotatable bonds is 4. The molecule has 0 spiro atoms. The van der Waals surface area contributed by atoms with E-state index in [4.69, 9.17) is 0 Å². The van der Waals surface area contributed by atoms with Crippen LogP contribution in [0.4, 0.5) is 5.82 Å². The number of nitrogens with one attached hydrogen (secondary N) is 1. The Balaban J connectivity index is 2.16. The third-order valence-corrected chi connectivity index (χ3v) is 3.54. The number of carbonyl (C=O) groups is 1. The van der Waals surface area contributed by atoms with Gasteiger partial charge in [0.2, 0.25) is 0 Å². The summed E-state index contributed by atoms with van der Waals surface area (Å²) in [7, 11) is 0. The monoisotopic (exact) mass is 263 g/mol. The van der Waals surface area contributed by atoms with E-state index in [-0.39, 0.29) is 5.91 Å². The van der Waals surface area contributed by atoms with E-state index < -0.39 is 0 Å². The van der Waals surface area contributed by atoms with Crippen molar-refractivity contribution in [1.29, 1.82) is 0 Å². The highest BCUT2D eigenvalue weighted by molar-refractivity contribution is 7.14. The number of hydrogen-bond acceptors (Lipinski definition) is 3. The van der Waals surface area contributed by atoms with Gasteiger partial charge in [-0.15, -0.1) is 11.3 Å². The molecule has 4 nitrogen and oxygen atoms in total. The first-order valence-corrected chi connectivity index (χ1v) is 6.84. The van der Waals surface area contributed by atoms with Gasteiger partial charge in [0.1, 0.15) is 5.82 Å². The first-order chi connectivity index (χ1) is 8.60. The van der Waals surface area contributed by atoms with Crippen molar-refractivity contribution in [2.24, 2.45) is 0 Å². The van der Waals surface area contributed by atoms with Gasteiger partial charge in [-0.2, -0.15) is 5.10 Å². The lowest BCUT2D eigenvalue weighted by Crippen LogP contribution is -2.14. The standard InChI is InChI=1S/C13H17N3OS/c1-4-7-16-12(8-9(2)15-16)14-13(17)11-6-5-10(3)18-11/h5-6,8H,4,7H2,1-3H3,(H,14,17). The predicted octanol–water partition coefficient (Wildman–Crippen LogP) is 3.22. The highest BCUT2D eigenvalue weighted by Gasteiger charge is 2.12. The number of thiophene rings is 1. The molecule has 0 aromatic carbocycles. The van der Waals surface area contributed by atoms with Crippen LogP contribution in [0, 0.1) is 13.8 Å². The van der Waals surface area contributed by atoms with Crippen LogP contribution in [0.2, 0.25) is 0 Å². The lowest BCUT2D eigenvalue weighted by Gasteiger charge is -2.06. The van der Waals surface area contributed by atoms with Crippen LogP contribution < -0.4 is 5.32 Å². The maximum Gasteiger partial charge on any atom is 0.266 e. The molecule has 96 valence electrons. The largest absolute Gasteiger partial charge is 0.306 e. The van der Waals surface area contributed by atoms with Crippen molar-refractivity contribution in [2.45, 2.75) is 33.7 Å². The number of hydrogen-bond donors (Lipinski definition) is 1. The summed E-state index contributed by atoms with van der Waals surface area (Å²) in [6, 6.07) is 5.70. The molecule has 2 heterocycles. The zero-order chi connectivity index (χ0) is 13.1. The Morgan fingerprint density at radius 2 is 2.22 bits per heavy atom. The summed E-state index contributed by atoms with van der Waals surface area (Å²) in [5.74, 6) is 0.704. The van der Waals surface area contributed by atoms with Crippen LogP contribution in [-0.2, 0) is 6.54 Å². The molecule has 1 amide bonds. The number of carbonyl (C=O) groups excluding carboxylic acids is 1. The van der Waals surface area contributed by atoms with Gasteiger partial charge in [-0.3, -0.25) is 4.79 Å². The minimum Gasteiger partial charge on any atom is -0.306 e. The Hall–Kier alpha value is -1.62. The zero-order valence-electron chi connectivity index (χ0n) is 10.9. The number of nitrogens with zero attached hydrogens (tertiary/aromatic N) is 2. The van der Waals surface area contributed by atoms with Crippen molar-refractivity contribution in [3.05, 3.63) is 33.6 Å². The van der Waals surface area contributed by atoms with E-state index in [0.29, 0.717) is 0 Å². The zero-order valence-corrected chi connectivity index (χ0v) is 11.7. The SMILES string of the molecule is CCCn1nc(C)cc1NC(=O)c1ccc(C)s1. The summed E-state index contributed by atoms with van der Waals surface area (Å²) < 4.78 is 1.84. The third kappa shape index (κ3) is 2.79. The second-order valence-corrected chi connectivity index (χ2v) is 5.55. The summed E-state index contributed by atoms with van der Waals surface area (Å²) in [6.07, 6.45) is 0.988. The lowest BCUT2D eigenvalue weighted by atomic mass is 10.4. The highest BCUT2D eigenvalue weighted by atomic mass is 32.1. The molecule has 2 rings (SSSR count). The maximum absolute atomic E-state index is 12.1. The molecule has 2 aromatic heterocycles. The first-order valence-electron chi connectivity index (χ1n) is 6.02. The molecule has 1 N–H and O–H groups in total. The van der Waals surface area contributed by atoms with Crippen LogP contribution in [0.1, 0.15) is 33.6 Å². The number of anilines is 1. The summed E-state index contributed by atoms with van der Waals surface area (Å²) >= 11 is 1.50. The Bertz CT molecular complexity index is 556. The van der Waals surface area contributed by atoms with Gasteiger partial charge in [0.25, 0.3) is 5.91 Å². The van der Waals surface area contributed by atoms with Crippen molar-refractivity contribution in [3.63, 3.8) is 0 Å². The summed E-state index contributed by atoms with van der Waals surface area (Å²) in [5.41, 5.74) is 0.918. The summed E-state index contributed by atoms with van der Waals surface area (Å²) in [6.45, 7) is 6.82. The van der Waals surface area contributed by atoms with E-state index in [1.54, 1.807) is 0 Å². The van der Waals surface area contributed by atoms with Gasteiger partial charge >= 0.3 is 0 Å². The first kappa shape index (κ1) is 12.8. The van der Waals surface area contributed by atoms with Gasteiger partial charge < -0.3 is 5.32 Å². The molecule has 2 aromatic rings. The molecule has 0 unspecified atom stereocenters. The van der Waals surface area contributed by atoms with Crippen molar-refractivity contribution in [1.82, 2.24) is 9.78 Å². The minimum atomic E-state index is -0.0645. The third-order valence-electron chi connectivity index (χ3n) is 2.54. The van der Waals surface area contributed by atoms with Gasteiger partial charge in [-0.05, 0) is 32.4 Å². The molecule has 0 radical (unpaired) electrons. The molecule has 0 saturated heterocycles. The summed E-state index contributed by atoms with van der Waals surface area (Å²) in [5, 5.41) is 7.28. The van der Waals surface area contributed by atoms with Crippen molar-refractivity contribution >= 4 is 23.1 Å². The second kappa shape index (κ2) is 5.35. The average molecular weight is 263 g/mol. The van der Waals surface area contributed by atoms with Crippen LogP contribution in [0.25, 0.3) is 0 Å². The van der Waals surface area contributed by atoms with Gasteiger partial charge in [0.05, 0.1) is 10.6 Å². The second-order valence-electron chi connectivity index (χ2n) is 4.26. The fourth-order valence-electron chi connectivity index (χ4n) is 1.76. The Morgan fingerprint density at radius 3 is 2.83 bits per heavy atom. The molecule has 5 heteroatoms. The van der Waals surface area contributed by atoms with Crippen molar-refractivity contribution < 1.29 is 4.79 Å². The van der Waals surface area contributed by atoms with E-state index in [1.165, 1.54) is 11.3 Å². The topological polar surface area (TPSA) is 46.9 Å². The Morgan fingerprint density at radius 1 is 1.44 bits per heavy atom. The molecule has 18 heavy (non-hydrogen) atoms. The lowest BCUT2D eigenvalue weighted by molar-refractivity contribution is 0.102. The average Bonchev–Trinajstić information content (AvgIpc) is 2.87. The molecule has 0 bridgehead atoms. The number of aromatic nitrogens is 2. The van der Waals surface area contributed by atoms with Gasteiger partial charge in [0.15, 0.2) is 0 Å². The Labute approximate surface area is 111 Å². The normalized spacial score (nSPS) is 10.6. The molecular formula is C13H17N3OS. The fourth-order valence-corrected chi connectivity index (χ4v) is 2.53. The fraction of sp³-hybridized carbons (Fsp3) is 0.385. The molecule has 0 aliphatic carbocycles. The molecule has 0 saturated carbocycles. The van der Waals surface area contributed by atoms with E-state index in [0.717, 1.165) is 34.2 Å². The highest BCUT2D eigenvalue weighted by Crippen LogP contribution is 2.18. The molecule has 0 aliphatic heterocycles. The maximum atomic E-state index is 12.1. The van der Waals surface area contributed by atoms with Crippen LogP contribution in [0.5, 0.6) is 0 Å². The number of aryl methyl sites for hydroxylation is 3. The quantitative estimate of drug-likeness (QED) is 0.920. The van der Waals surface area contributed by atoms with Gasteiger partial charge in [-0.25, -0.2) is 4.68 Å².